The van der Waals surface area contributed by atoms with E-state index in [0.717, 1.165) is 83.5 Å². The van der Waals surface area contributed by atoms with Gasteiger partial charge in [0, 0.05) is 12.8 Å². The van der Waals surface area contributed by atoms with Crippen LogP contribution in [0.15, 0.2) is 97.2 Å². The first-order chi connectivity index (χ1) is 43.6. The molecule has 0 aliphatic rings. The van der Waals surface area contributed by atoms with Crippen molar-refractivity contribution in [3.05, 3.63) is 97.2 Å². The van der Waals surface area contributed by atoms with Crippen molar-refractivity contribution < 1.29 is 42.9 Å². The quantitative estimate of drug-likeness (QED) is 0.0211. The Hall–Kier alpha value is -3.79. The molecule has 0 aliphatic heterocycles. The molecular formula is C80H142NO8+. The van der Waals surface area contributed by atoms with E-state index in [0.29, 0.717) is 17.4 Å². The van der Waals surface area contributed by atoms with E-state index >= 15 is 0 Å². The first-order valence-electron chi connectivity index (χ1n) is 37.4. The van der Waals surface area contributed by atoms with Crippen molar-refractivity contribution in [2.24, 2.45) is 0 Å². The highest BCUT2D eigenvalue weighted by atomic mass is 16.7. The maximum atomic E-state index is 13.0. The number of hydrogen-bond acceptors (Lipinski definition) is 7. The topological polar surface area (TPSA) is 108 Å². The second-order valence-corrected chi connectivity index (χ2v) is 26.2. The first kappa shape index (κ1) is 85.2. The van der Waals surface area contributed by atoms with Crippen LogP contribution >= 0.6 is 0 Å². The average Bonchev–Trinajstić information content (AvgIpc) is 3.64. The van der Waals surface area contributed by atoms with Gasteiger partial charge in [-0.05, 0) is 96.3 Å². The fraction of sp³-hybridized carbons (Fsp3) is 0.762. The molecule has 0 fully saturated rings. The Morgan fingerprint density at radius 3 is 0.955 bits per heavy atom. The number of likely N-dealkylation sites (N-methyl/N-ethyl adjacent to an activating group) is 1. The number of aliphatic carboxylic acids is 1. The maximum Gasteiger partial charge on any atom is 0.361 e. The summed E-state index contributed by atoms with van der Waals surface area (Å²) in [5, 5.41) is 9.76. The Labute approximate surface area is 550 Å². The number of carboxylic acids is 1. The number of ether oxygens (including phenoxy) is 4. The van der Waals surface area contributed by atoms with Gasteiger partial charge in [0.1, 0.15) is 13.2 Å². The summed E-state index contributed by atoms with van der Waals surface area (Å²) >= 11 is 0. The van der Waals surface area contributed by atoms with Crippen LogP contribution in [-0.4, -0.2) is 87.4 Å². The largest absolute Gasteiger partial charge is 0.477 e. The molecule has 0 spiro atoms. The average molecular weight is 1250 g/mol. The maximum absolute atomic E-state index is 13.0. The molecule has 0 bridgehead atoms. The van der Waals surface area contributed by atoms with Gasteiger partial charge in [-0.2, -0.15) is 0 Å². The lowest BCUT2D eigenvalue weighted by molar-refractivity contribution is -0.870. The van der Waals surface area contributed by atoms with E-state index in [-0.39, 0.29) is 32.2 Å². The van der Waals surface area contributed by atoms with Crippen LogP contribution in [-0.2, 0) is 33.3 Å². The number of rotatable bonds is 69. The Morgan fingerprint density at radius 2 is 0.640 bits per heavy atom. The molecule has 0 radical (unpaired) electrons. The minimum Gasteiger partial charge on any atom is -0.477 e. The third-order valence-corrected chi connectivity index (χ3v) is 16.3. The van der Waals surface area contributed by atoms with E-state index in [2.05, 4.69) is 111 Å². The first-order valence-corrected chi connectivity index (χ1v) is 37.4. The van der Waals surface area contributed by atoms with Gasteiger partial charge in [-0.25, -0.2) is 4.79 Å². The zero-order chi connectivity index (χ0) is 64.7. The van der Waals surface area contributed by atoms with Crippen LogP contribution < -0.4 is 0 Å². The fourth-order valence-corrected chi connectivity index (χ4v) is 10.6. The van der Waals surface area contributed by atoms with Crippen LogP contribution in [0.25, 0.3) is 0 Å². The third kappa shape index (κ3) is 71.5. The normalized spacial score (nSPS) is 13.2. The van der Waals surface area contributed by atoms with Crippen molar-refractivity contribution in [3.8, 4) is 0 Å². The van der Waals surface area contributed by atoms with Gasteiger partial charge in [0.15, 0.2) is 6.10 Å². The molecule has 2 atom stereocenters. The lowest BCUT2D eigenvalue weighted by Gasteiger charge is -2.25. The second-order valence-electron chi connectivity index (χ2n) is 26.2. The molecule has 0 aliphatic carbocycles. The molecule has 9 heteroatoms. The number of hydrogen-bond donors (Lipinski definition) is 1. The predicted octanol–water partition coefficient (Wildman–Crippen LogP) is 23.6. The highest BCUT2D eigenvalue weighted by molar-refractivity contribution is 5.71. The summed E-state index contributed by atoms with van der Waals surface area (Å²) in [4.78, 5) is 37.7. The lowest BCUT2D eigenvalue weighted by atomic mass is 10.0. The number of carbonyl (C=O) groups excluding carboxylic acids is 2. The van der Waals surface area contributed by atoms with Crippen molar-refractivity contribution in [2.45, 2.75) is 347 Å². The molecule has 0 aromatic heterocycles. The molecule has 0 aromatic rings. The van der Waals surface area contributed by atoms with E-state index in [4.69, 9.17) is 18.9 Å². The standard InChI is InChI=1S/C80H141NO8/c1-6-8-10-12-14-16-18-20-22-24-26-28-30-32-34-36-37-38-39-40-41-43-45-47-49-51-53-55-57-59-61-63-65-67-69-71-78(83)89-76(75-88-80(79(84)85)86-73-72-81(3,4)5)74-87-77(82)70-68-66-64-62-60-58-56-54-52-50-48-46-44-42-35-33-31-29-27-25-23-21-19-17-15-13-11-9-7-2/h8,10,14,16,19-22,25-28,32,34,37-38,76,80H,6-7,9,11-13,15,17-18,23-24,29-31,33,35-36,39-75H2,1-5H3/p+1/b10-8-,16-14-,21-19-,22-20-,27-25-,28-26-,34-32-,38-37-. The van der Waals surface area contributed by atoms with Gasteiger partial charge < -0.3 is 28.5 Å². The number of carbonyl (C=O) groups is 3. The van der Waals surface area contributed by atoms with Gasteiger partial charge in [0.2, 0.25) is 0 Å². The highest BCUT2D eigenvalue weighted by Crippen LogP contribution is 2.18. The number of esters is 2. The monoisotopic (exact) mass is 1250 g/mol. The van der Waals surface area contributed by atoms with E-state index in [1.165, 1.54) is 225 Å². The van der Waals surface area contributed by atoms with Crippen molar-refractivity contribution >= 4 is 17.9 Å². The predicted molar refractivity (Wildman–Crippen MR) is 382 cm³/mol. The molecular weight excluding hydrogens is 1100 g/mol. The van der Waals surface area contributed by atoms with Crippen molar-refractivity contribution in [2.75, 3.05) is 47.5 Å². The molecule has 1 N–H and O–H groups in total. The molecule has 0 saturated carbocycles. The summed E-state index contributed by atoms with van der Waals surface area (Å²) in [5.41, 5.74) is 0. The second kappa shape index (κ2) is 70.1. The molecule has 89 heavy (non-hydrogen) atoms. The Balaban J connectivity index is 4.06. The Morgan fingerprint density at radius 1 is 0.348 bits per heavy atom. The smallest absolute Gasteiger partial charge is 0.361 e. The third-order valence-electron chi connectivity index (χ3n) is 16.3. The minimum absolute atomic E-state index is 0.182. The zero-order valence-electron chi connectivity index (χ0n) is 58.8. The van der Waals surface area contributed by atoms with E-state index in [1.807, 2.05) is 21.1 Å². The summed E-state index contributed by atoms with van der Waals surface area (Å²) in [6.45, 7) is 4.79. The zero-order valence-corrected chi connectivity index (χ0v) is 58.8. The van der Waals surface area contributed by atoms with Crippen LogP contribution in [0.4, 0.5) is 0 Å². The van der Waals surface area contributed by atoms with Gasteiger partial charge >= 0.3 is 17.9 Å². The summed E-state index contributed by atoms with van der Waals surface area (Å²) in [7, 11) is 5.99. The molecule has 0 heterocycles. The summed E-state index contributed by atoms with van der Waals surface area (Å²) in [5.74, 6) is -1.99. The number of unbranched alkanes of at least 4 members (excludes halogenated alkanes) is 38. The summed E-state index contributed by atoms with van der Waals surface area (Å²) in [6, 6.07) is 0. The molecule has 0 amide bonds. The summed E-state index contributed by atoms with van der Waals surface area (Å²) in [6.07, 6.45) is 93.9. The SMILES string of the molecule is CC/C=C\C/C=C\C/C=C\C/C=C\C/C=C\C/C=C\CCCCCCCCCCCCCCCCCCC(=O)OC(COC(=O)CCCCCCCCCCCCCCCCCCC/C=C\C/C=C\CCCCCCC)COC(OCC[N+](C)(C)C)C(=O)O. The van der Waals surface area contributed by atoms with Crippen molar-refractivity contribution in [3.63, 3.8) is 0 Å². The van der Waals surface area contributed by atoms with E-state index < -0.39 is 24.3 Å². The van der Waals surface area contributed by atoms with Crippen molar-refractivity contribution in [1.82, 2.24) is 0 Å². The molecule has 0 rings (SSSR count). The number of carboxylic acid groups (broad SMARTS) is 1. The number of quaternary nitrogens is 1. The number of nitrogens with zero attached hydrogens (tertiary/aromatic N) is 1. The Kier molecular flexibility index (Phi) is 67.1. The van der Waals surface area contributed by atoms with Gasteiger partial charge in [-0.1, -0.05) is 323 Å². The highest BCUT2D eigenvalue weighted by Gasteiger charge is 2.25. The molecule has 9 nitrogen and oxygen atoms in total. The van der Waals surface area contributed by atoms with Crippen molar-refractivity contribution in [1.29, 1.82) is 0 Å². The van der Waals surface area contributed by atoms with Crippen LogP contribution in [0, 0.1) is 0 Å². The van der Waals surface area contributed by atoms with Gasteiger partial charge in [-0.15, -0.1) is 0 Å². The Bertz CT molecular complexity index is 1790. The fourth-order valence-electron chi connectivity index (χ4n) is 10.6. The van der Waals surface area contributed by atoms with Crippen LogP contribution in [0.3, 0.4) is 0 Å². The van der Waals surface area contributed by atoms with Crippen LogP contribution in [0.1, 0.15) is 335 Å². The van der Waals surface area contributed by atoms with Gasteiger partial charge in [-0.3, -0.25) is 9.59 Å². The van der Waals surface area contributed by atoms with Crippen LogP contribution in [0.5, 0.6) is 0 Å². The molecule has 2 unspecified atom stereocenters. The number of allylic oxidation sites excluding steroid dienone is 16. The molecule has 0 aromatic carbocycles. The van der Waals surface area contributed by atoms with Gasteiger partial charge in [0.05, 0.1) is 34.4 Å². The van der Waals surface area contributed by atoms with Gasteiger partial charge in [0.25, 0.3) is 6.29 Å². The van der Waals surface area contributed by atoms with Crippen LogP contribution in [0.2, 0.25) is 0 Å². The van der Waals surface area contributed by atoms with E-state index in [1.54, 1.807) is 0 Å². The summed E-state index contributed by atoms with van der Waals surface area (Å²) < 4.78 is 23.0. The van der Waals surface area contributed by atoms with E-state index in [9.17, 15) is 19.5 Å². The molecule has 514 valence electrons. The minimum atomic E-state index is -1.51. The lowest BCUT2D eigenvalue weighted by Crippen LogP contribution is -2.40. The molecule has 0 saturated heterocycles.